The lowest BCUT2D eigenvalue weighted by Gasteiger charge is -2.19. The van der Waals surface area contributed by atoms with E-state index in [1.807, 2.05) is 25.4 Å². The molecule has 1 aliphatic heterocycles. The van der Waals surface area contributed by atoms with Crippen molar-refractivity contribution < 1.29 is 14.0 Å². The number of hydrogen-bond donors (Lipinski definition) is 1. The van der Waals surface area contributed by atoms with E-state index >= 15 is 0 Å². The topological polar surface area (TPSA) is 77.1 Å². The number of aromatic nitrogens is 2. The second-order valence-electron chi connectivity index (χ2n) is 5.40. The van der Waals surface area contributed by atoms with Gasteiger partial charge in [-0.1, -0.05) is 0 Å². The summed E-state index contributed by atoms with van der Waals surface area (Å²) in [6.07, 6.45) is 4.42. The Morgan fingerprint density at radius 3 is 3.05 bits per heavy atom. The van der Waals surface area contributed by atoms with Crippen molar-refractivity contribution in [2.24, 2.45) is 7.05 Å². The Balaban J connectivity index is 1.87. The first-order valence-electron chi connectivity index (χ1n) is 6.80. The second-order valence-corrected chi connectivity index (χ2v) is 5.40. The number of furan rings is 1. The molecule has 0 bridgehead atoms. The molecule has 1 N–H and O–H groups in total. The Morgan fingerprint density at radius 1 is 1.38 bits per heavy atom. The predicted molar refractivity (Wildman–Crippen MR) is 75.6 cm³/mol. The van der Waals surface area contributed by atoms with Crippen LogP contribution in [0, 0.1) is 0 Å². The van der Waals surface area contributed by atoms with Gasteiger partial charge in [0.1, 0.15) is 5.58 Å². The van der Waals surface area contributed by atoms with Gasteiger partial charge in [0, 0.05) is 42.1 Å². The lowest BCUT2D eigenvalue weighted by molar-refractivity contribution is -0.134. The SMILES string of the molecule is Cn1cc2cc3c(C4CCC(=O)NC4=O)coc3cc2n1. The summed E-state index contributed by atoms with van der Waals surface area (Å²) in [6, 6.07) is 3.86. The summed E-state index contributed by atoms with van der Waals surface area (Å²) in [7, 11) is 1.86. The molecule has 0 saturated carbocycles. The summed E-state index contributed by atoms with van der Waals surface area (Å²) in [4.78, 5) is 23.3. The Bertz CT molecular complexity index is 890. The highest BCUT2D eigenvalue weighted by Crippen LogP contribution is 2.34. The molecule has 4 rings (SSSR count). The Kier molecular flexibility index (Phi) is 2.42. The van der Waals surface area contributed by atoms with Crippen LogP contribution in [0.25, 0.3) is 21.9 Å². The summed E-state index contributed by atoms with van der Waals surface area (Å²) in [5.41, 5.74) is 2.40. The third kappa shape index (κ3) is 1.83. The Morgan fingerprint density at radius 2 is 2.24 bits per heavy atom. The van der Waals surface area contributed by atoms with Gasteiger partial charge in [-0.15, -0.1) is 0 Å². The molecule has 1 fully saturated rings. The number of benzene rings is 1. The molecule has 21 heavy (non-hydrogen) atoms. The van der Waals surface area contributed by atoms with Crippen LogP contribution in [0.15, 0.2) is 29.0 Å². The molecule has 6 heteroatoms. The normalized spacial score (nSPS) is 19.4. The lowest BCUT2D eigenvalue weighted by Crippen LogP contribution is -2.39. The third-order valence-electron chi connectivity index (χ3n) is 3.96. The van der Waals surface area contributed by atoms with Crippen LogP contribution in [0.2, 0.25) is 0 Å². The van der Waals surface area contributed by atoms with Gasteiger partial charge in [0.15, 0.2) is 0 Å². The molecule has 0 spiro atoms. The molecule has 2 aromatic heterocycles. The van der Waals surface area contributed by atoms with Gasteiger partial charge in [0.2, 0.25) is 11.8 Å². The van der Waals surface area contributed by atoms with Gasteiger partial charge in [-0.25, -0.2) is 0 Å². The standard InChI is InChI=1S/C15H13N3O3/c1-18-6-8-4-10-11(7-21-13(10)5-12(8)17-18)9-2-3-14(19)16-15(9)20/h4-7,9H,2-3H2,1H3,(H,16,19,20). The van der Waals surface area contributed by atoms with E-state index in [1.54, 1.807) is 10.9 Å². The molecule has 1 atom stereocenters. The fourth-order valence-electron chi connectivity index (χ4n) is 2.95. The number of hydrogen-bond acceptors (Lipinski definition) is 4. The molecule has 6 nitrogen and oxygen atoms in total. The summed E-state index contributed by atoms with van der Waals surface area (Å²) in [6.45, 7) is 0. The molecule has 3 aromatic rings. The number of carbonyl (C=O) groups is 2. The highest BCUT2D eigenvalue weighted by atomic mass is 16.3. The van der Waals surface area contributed by atoms with Crippen LogP contribution in [0.1, 0.15) is 24.3 Å². The highest BCUT2D eigenvalue weighted by Gasteiger charge is 2.30. The van der Waals surface area contributed by atoms with Gasteiger partial charge >= 0.3 is 0 Å². The predicted octanol–water partition coefficient (Wildman–Crippen LogP) is 1.84. The lowest BCUT2D eigenvalue weighted by atomic mass is 9.90. The molecule has 1 saturated heterocycles. The van der Waals surface area contributed by atoms with Crippen LogP contribution < -0.4 is 5.32 Å². The molecule has 106 valence electrons. The van der Waals surface area contributed by atoms with Crippen LogP contribution in [-0.2, 0) is 16.6 Å². The van der Waals surface area contributed by atoms with Crippen molar-refractivity contribution >= 4 is 33.7 Å². The monoisotopic (exact) mass is 283 g/mol. The Labute approximate surface area is 119 Å². The summed E-state index contributed by atoms with van der Waals surface area (Å²) in [5.74, 6) is -0.794. The van der Waals surface area contributed by atoms with E-state index in [0.29, 0.717) is 18.4 Å². The van der Waals surface area contributed by atoms with Crippen LogP contribution >= 0.6 is 0 Å². The number of piperidine rings is 1. The number of nitrogens with zero attached hydrogens (tertiary/aromatic N) is 2. The van der Waals surface area contributed by atoms with Crippen molar-refractivity contribution in [3.05, 3.63) is 30.2 Å². The maximum Gasteiger partial charge on any atom is 0.234 e. The first-order valence-corrected chi connectivity index (χ1v) is 6.80. The third-order valence-corrected chi connectivity index (χ3v) is 3.96. The Hall–Kier alpha value is -2.63. The van der Waals surface area contributed by atoms with Gasteiger partial charge in [-0.3, -0.25) is 19.6 Å². The zero-order valence-corrected chi connectivity index (χ0v) is 11.4. The molecule has 1 unspecified atom stereocenters. The highest BCUT2D eigenvalue weighted by molar-refractivity contribution is 6.04. The first-order chi connectivity index (χ1) is 10.1. The number of imide groups is 1. The van der Waals surface area contributed by atoms with E-state index in [-0.39, 0.29) is 17.7 Å². The van der Waals surface area contributed by atoms with Crippen molar-refractivity contribution in [1.82, 2.24) is 15.1 Å². The largest absolute Gasteiger partial charge is 0.464 e. The van der Waals surface area contributed by atoms with Gasteiger partial charge in [0.25, 0.3) is 0 Å². The first kappa shape index (κ1) is 12.1. The summed E-state index contributed by atoms with van der Waals surface area (Å²) in [5, 5.41) is 8.64. The quantitative estimate of drug-likeness (QED) is 0.691. The molecule has 3 heterocycles. The minimum absolute atomic E-state index is 0.210. The van der Waals surface area contributed by atoms with E-state index in [2.05, 4.69) is 10.4 Å². The smallest absolute Gasteiger partial charge is 0.234 e. The molecule has 1 aromatic carbocycles. The van der Waals surface area contributed by atoms with E-state index in [0.717, 1.165) is 21.9 Å². The molecule has 0 radical (unpaired) electrons. The van der Waals surface area contributed by atoms with Crippen molar-refractivity contribution in [3.8, 4) is 0 Å². The van der Waals surface area contributed by atoms with E-state index in [9.17, 15) is 9.59 Å². The zero-order valence-electron chi connectivity index (χ0n) is 11.4. The van der Waals surface area contributed by atoms with E-state index in [4.69, 9.17) is 4.42 Å². The summed E-state index contributed by atoms with van der Waals surface area (Å²) >= 11 is 0. The molecular formula is C15H13N3O3. The van der Waals surface area contributed by atoms with Crippen LogP contribution in [-0.4, -0.2) is 21.6 Å². The van der Waals surface area contributed by atoms with Crippen molar-refractivity contribution in [2.45, 2.75) is 18.8 Å². The van der Waals surface area contributed by atoms with Crippen LogP contribution in [0.4, 0.5) is 0 Å². The number of amides is 2. The number of aryl methyl sites for hydroxylation is 1. The number of fused-ring (bicyclic) bond motifs is 2. The van der Waals surface area contributed by atoms with E-state index in [1.165, 1.54) is 0 Å². The van der Waals surface area contributed by atoms with Crippen molar-refractivity contribution in [2.75, 3.05) is 0 Å². The van der Waals surface area contributed by atoms with Gasteiger partial charge < -0.3 is 4.42 Å². The average molecular weight is 283 g/mol. The van der Waals surface area contributed by atoms with Gasteiger partial charge in [0.05, 0.1) is 17.7 Å². The van der Waals surface area contributed by atoms with Crippen LogP contribution in [0.5, 0.6) is 0 Å². The van der Waals surface area contributed by atoms with E-state index < -0.39 is 0 Å². The minimum Gasteiger partial charge on any atom is -0.464 e. The summed E-state index contributed by atoms with van der Waals surface area (Å²) < 4.78 is 7.33. The fraction of sp³-hybridized carbons (Fsp3) is 0.267. The maximum absolute atomic E-state index is 12.0. The minimum atomic E-state index is -0.335. The van der Waals surface area contributed by atoms with Gasteiger partial charge in [-0.05, 0) is 12.5 Å². The number of nitrogens with one attached hydrogen (secondary N) is 1. The number of carbonyl (C=O) groups excluding carboxylic acids is 2. The fourth-order valence-corrected chi connectivity index (χ4v) is 2.95. The van der Waals surface area contributed by atoms with Crippen molar-refractivity contribution in [1.29, 1.82) is 0 Å². The van der Waals surface area contributed by atoms with Crippen LogP contribution in [0.3, 0.4) is 0 Å². The molecule has 1 aliphatic rings. The van der Waals surface area contributed by atoms with Crippen molar-refractivity contribution in [3.63, 3.8) is 0 Å². The second kappa shape index (κ2) is 4.18. The maximum atomic E-state index is 12.0. The zero-order chi connectivity index (χ0) is 14.6. The number of rotatable bonds is 1. The molecular weight excluding hydrogens is 270 g/mol. The van der Waals surface area contributed by atoms with Gasteiger partial charge in [-0.2, -0.15) is 5.10 Å². The molecule has 0 aliphatic carbocycles. The molecule has 2 amide bonds. The average Bonchev–Trinajstić information content (AvgIpc) is 2.98.